The minimum absolute atomic E-state index is 0.185. The van der Waals surface area contributed by atoms with Crippen molar-refractivity contribution in [3.05, 3.63) is 29.8 Å². The number of aliphatic hydroxyl groups excluding tert-OH is 1. The smallest absolute Gasteiger partial charge is 0.118 e. The second kappa shape index (κ2) is 4.87. The van der Waals surface area contributed by atoms with Gasteiger partial charge in [0.15, 0.2) is 0 Å². The Hall–Kier alpha value is -1.02. The fraction of sp³-hybridized carbons (Fsp3) is 0.455. The zero-order valence-electron chi connectivity index (χ0n) is 7.90. The molecule has 0 spiro atoms. The van der Waals surface area contributed by atoms with Gasteiger partial charge in [-0.1, -0.05) is 31.5 Å². The summed E-state index contributed by atoms with van der Waals surface area (Å²) in [5.41, 5.74) is 0.920. The number of phenolic OH excluding ortho intramolecular Hbond substituents is 1. The zero-order valence-corrected chi connectivity index (χ0v) is 7.90. The second-order valence-corrected chi connectivity index (χ2v) is 3.29. The van der Waals surface area contributed by atoms with Crippen LogP contribution in [0.5, 0.6) is 5.75 Å². The Morgan fingerprint density at radius 1 is 1.31 bits per heavy atom. The maximum absolute atomic E-state index is 9.47. The minimum atomic E-state index is 0.185. The van der Waals surface area contributed by atoms with Crippen LogP contribution in [0, 0.1) is 5.92 Å². The molecule has 0 heterocycles. The summed E-state index contributed by atoms with van der Waals surface area (Å²) in [7, 11) is 0. The number of aromatic hydroxyl groups is 1. The van der Waals surface area contributed by atoms with Crippen LogP contribution in [0.1, 0.15) is 18.9 Å². The van der Waals surface area contributed by atoms with Crippen molar-refractivity contribution < 1.29 is 10.2 Å². The maximum atomic E-state index is 9.47. The van der Waals surface area contributed by atoms with Gasteiger partial charge in [-0.3, -0.25) is 0 Å². The van der Waals surface area contributed by atoms with E-state index in [1.807, 2.05) is 19.1 Å². The van der Waals surface area contributed by atoms with Crippen LogP contribution in [0.3, 0.4) is 0 Å². The molecule has 0 aliphatic carbocycles. The highest BCUT2D eigenvalue weighted by Gasteiger charge is 2.08. The topological polar surface area (TPSA) is 40.5 Å². The van der Waals surface area contributed by atoms with Gasteiger partial charge in [-0.2, -0.15) is 0 Å². The molecule has 0 saturated heterocycles. The van der Waals surface area contributed by atoms with Crippen molar-refractivity contribution in [1.82, 2.24) is 0 Å². The van der Waals surface area contributed by atoms with Gasteiger partial charge in [0.25, 0.3) is 0 Å². The van der Waals surface area contributed by atoms with Gasteiger partial charge in [0.2, 0.25) is 0 Å². The van der Waals surface area contributed by atoms with E-state index in [1.54, 1.807) is 12.1 Å². The van der Waals surface area contributed by atoms with E-state index in [0.29, 0.717) is 5.75 Å². The fourth-order valence-electron chi connectivity index (χ4n) is 1.33. The molecule has 0 radical (unpaired) electrons. The number of para-hydroxylation sites is 1. The lowest BCUT2D eigenvalue weighted by atomic mass is 9.97. The standard InChI is InChI=1S/C11H16O2/c1-2-9(8-12)7-10-5-3-4-6-11(10)13/h3-6,9,12-13H,2,7-8H2,1H3. The number of aliphatic hydroxyl groups is 1. The number of rotatable bonds is 4. The van der Waals surface area contributed by atoms with E-state index in [0.717, 1.165) is 18.4 Å². The number of hydrogen-bond acceptors (Lipinski definition) is 2. The van der Waals surface area contributed by atoms with Crippen molar-refractivity contribution >= 4 is 0 Å². The molecule has 2 nitrogen and oxygen atoms in total. The molecule has 0 aliphatic heterocycles. The van der Waals surface area contributed by atoms with Crippen molar-refractivity contribution in [2.45, 2.75) is 19.8 Å². The highest BCUT2D eigenvalue weighted by molar-refractivity contribution is 5.31. The third-order valence-corrected chi connectivity index (χ3v) is 2.34. The first-order valence-corrected chi connectivity index (χ1v) is 4.65. The van der Waals surface area contributed by atoms with Gasteiger partial charge in [0.05, 0.1) is 0 Å². The average Bonchev–Trinajstić information content (AvgIpc) is 2.17. The molecule has 1 aromatic carbocycles. The van der Waals surface area contributed by atoms with Crippen LogP contribution in [-0.4, -0.2) is 16.8 Å². The highest BCUT2D eigenvalue weighted by Crippen LogP contribution is 2.20. The van der Waals surface area contributed by atoms with E-state index in [4.69, 9.17) is 5.11 Å². The van der Waals surface area contributed by atoms with Crippen LogP contribution in [0.15, 0.2) is 24.3 Å². The molecule has 0 bridgehead atoms. The van der Waals surface area contributed by atoms with Crippen molar-refractivity contribution in [3.8, 4) is 5.75 Å². The first kappa shape index (κ1) is 10.1. The molecular weight excluding hydrogens is 164 g/mol. The summed E-state index contributed by atoms with van der Waals surface area (Å²) >= 11 is 0. The van der Waals surface area contributed by atoms with Crippen LogP contribution in [-0.2, 0) is 6.42 Å². The number of hydrogen-bond donors (Lipinski definition) is 2. The Kier molecular flexibility index (Phi) is 3.77. The van der Waals surface area contributed by atoms with Crippen LogP contribution in [0.4, 0.5) is 0 Å². The lowest BCUT2D eigenvalue weighted by Crippen LogP contribution is -2.08. The summed E-state index contributed by atoms with van der Waals surface area (Å²) in [4.78, 5) is 0. The summed E-state index contributed by atoms with van der Waals surface area (Å²) in [6.45, 7) is 2.23. The second-order valence-electron chi connectivity index (χ2n) is 3.29. The Morgan fingerprint density at radius 3 is 2.54 bits per heavy atom. The minimum Gasteiger partial charge on any atom is -0.508 e. The molecule has 0 aromatic heterocycles. The van der Waals surface area contributed by atoms with Crippen LogP contribution in [0.2, 0.25) is 0 Å². The van der Waals surface area contributed by atoms with E-state index in [1.165, 1.54) is 0 Å². The monoisotopic (exact) mass is 180 g/mol. The lowest BCUT2D eigenvalue weighted by Gasteiger charge is -2.11. The summed E-state index contributed by atoms with van der Waals surface area (Å²) in [6.07, 6.45) is 1.69. The normalized spacial score (nSPS) is 12.8. The molecular formula is C11H16O2. The van der Waals surface area contributed by atoms with E-state index in [2.05, 4.69) is 0 Å². The lowest BCUT2D eigenvalue weighted by molar-refractivity contribution is 0.221. The molecule has 1 aromatic rings. The maximum Gasteiger partial charge on any atom is 0.118 e. The van der Waals surface area contributed by atoms with E-state index in [9.17, 15) is 5.11 Å². The van der Waals surface area contributed by atoms with Crippen molar-refractivity contribution in [2.24, 2.45) is 5.92 Å². The van der Waals surface area contributed by atoms with Crippen molar-refractivity contribution in [3.63, 3.8) is 0 Å². The van der Waals surface area contributed by atoms with Gasteiger partial charge in [0.1, 0.15) is 5.75 Å². The summed E-state index contributed by atoms with van der Waals surface area (Å²) in [5.74, 6) is 0.586. The van der Waals surface area contributed by atoms with Gasteiger partial charge in [-0.25, -0.2) is 0 Å². The molecule has 0 amide bonds. The molecule has 2 N–H and O–H groups in total. The summed E-state index contributed by atoms with van der Waals surface area (Å²) < 4.78 is 0. The van der Waals surface area contributed by atoms with Gasteiger partial charge < -0.3 is 10.2 Å². The quantitative estimate of drug-likeness (QED) is 0.743. The third-order valence-electron chi connectivity index (χ3n) is 2.34. The van der Waals surface area contributed by atoms with Crippen LogP contribution in [0.25, 0.3) is 0 Å². The molecule has 13 heavy (non-hydrogen) atoms. The molecule has 2 heteroatoms. The zero-order chi connectivity index (χ0) is 9.68. The van der Waals surface area contributed by atoms with Crippen LogP contribution >= 0.6 is 0 Å². The Labute approximate surface area is 78.8 Å². The summed E-state index contributed by atoms with van der Waals surface area (Å²) in [6, 6.07) is 7.28. The highest BCUT2D eigenvalue weighted by atomic mass is 16.3. The molecule has 72 valence electrons. The summed E-state index contributed by atoms with van der Waals surface area (Å²) in [5, 5.41) is 18.5. The van der Waals surface area contributed by atoms with Gasteiger partial charge in [-0.15, -0.1) is 0 Å². The molecule has 1 rings (SSSR count). The predicted molar refractivity (Wildman–Crippen MR) is 52.7 cm³/mol. The molecule has 1 unspecified atom stereocenters. The number of phenols is 1. The first-order valence-electron chi connectivity index (χ1n) is 4.65. The predicted octanol–water partition coefficient (Wildman–Crippen LogP) is 1.95. The van der Waals surface area contributed by atoms with Crippen LogP contribution < -0.4 is 0 Å². The Balaban J connectivity index is 2.67. The van der Waals surface area contributed by atoms with Crippen molar-refractivity contribution in [1.29, 1.82) is 0 Å². The Morgan fingerprint density at radius 2 is 2.00 bits per heavy atom. The molecule has 0 fully saturated rings. The van der Waals surface area contributed by atoms with Crippen molar-refractivity contribution in [2.75, 3.05) is 6.61 Å². The molecule has 1 atom stereocenters. The molecule has 0 saturated carbocycles. The van der Waals surface area contributed by atoms with Gasteiger partial charge >= 0.3 is 0 Å². The van der Waals surface area contributed by atoms with E-state index in [-0.39, 0.29) is 12.5 Å². The average molecular weight is 180 g/mol. The number of benzene rings is 1. The fourth-order valence-corrected chi connectivity index (χ4v) is 1.33. The van der Waals surface area contributed by atoms with E-state index >= 15 is 0 Å². The van der Waals surface area contributed by atoms with Gasteiger partial charge in [-0.05, 0) is 24.0 Å². The molecule has 0 aliphatic rings. The third kappa shape index (κ3) is 2.74. The van der Waals surface area contributed by atoms with Gasteiger partial charge in [0, 0.05) is 6.61 Å². The largest absolute Gasteiger partial charge is 0.508 e. The first-order chi connectivity index (χ1) is 6.27. The Bertz CT molecular complexity index is 254. The SMILES string of the molecule is CCC(CO)Cc1ccccc1O. The van der Waals surface area contributed by atoms with E-state index < -0.39 is 0 Å².